The summed E-state index contributed by atoms with van der Waals surface area (Å²) in [4.78, 5) is 2.32. The summed E-state index contributed by atoms with van der Waals surface area (Å²) in [6, 6.07) is 9.19. The summed E-state index contributed by atoms with van der Waals surface area (Å²) in [7, 11) is 4.29. The van der Waals surface area contributed by atoms with Crippen LogP contribution in [0.3, 0.4) is 0 Å². The van der Waals surface area contributed by atoms with Gasteiger partial charge in [0.25, 0.3) is 0 Å². The molecule has 2 nitrogen and oxygen atoms in total. The number of fused-ring (bicyclic) bond motifs is 1. The molecule has 142 valence electrons. The van der Waals surface area contributed by atoms with Crippen LogP contribution < -0.4 is 0 Å². The number of aromatic nitrogens is 1. The van der Waals surface area contributed by atoms with Gasteiger partial charge in [0.1, 0.15) is 0 Å². The summed E-state index contributed by atoms with van der Waals surface area (Å²) in [5.74, 6) is 0. The molecule has 0 saturated heterocycles. The molecule has 0 amide bonds. The zero-order valence-electron chi connectivity index (χ0n) is 16.7. The van der Waals surface area contributed by atoms with Crippen LogP contribution in [0, 0.1) is 0 Å². The van der Waals surface area contributed by atoms with Crippen molar-refractivity contribution in [3.05, 3.63) is 36.0 Å². The molecule has 0 spiro atoms. The van der Waals surface area contributed by atoms with E-state index in [0.717, 1.165) is 17.9 Å². The predicted octanol–water partition coefficient (Wildman–Crippen LogP) is 6.61. The summed E-state index contributed by atoms with van der Waals surface area (Å²) in [5.41, 5.74) is 4.92. The SMILES string of the molecule is CN(C)Cc1cn(P(C2CCCCC2)C2CCCCC2)c2ccccc12. The van der Waals surface area contributed by atoms with Gasteiger partial charge in [0.15, 0.2) is 0 Å². The molecule has 4 rings (SSSR count). The molecule has 2 aliphatic rings. The highest BCUT2D eigenvalue weighted by atomic mass is 31.1. The molecule has 26 heavy (non-hydrogen) atoms. The fourth-order valence-corrected chi connectivity index (χ4v) is 9.01. The first kappa shape index (κ1) is 18.5. The Hall–Kier alpha value is -0.850. The standard InChI is InChI=1S/C23H35N2P/c1-24(2)17-19-18-25(23-16-10-9-15-22(19)23)26(20-11-5-3-6-12-20)21-13-7-4-8-14-21/h9-10,15-16,18,20-21H,3-8,11-14,17H2,1-2H3. The summed E-state index contributed by atoms with van der Waals surface area (Å²) in [6.07, 6.45) is 17.2. The van der Waals surface area contributed by atoms with Gasteiger partial charge in [0, 0.05) is 26.2 Å². The Kier molecular flexibility index (Phi) is 6.01. The Labute approximate surface area is 160 Å². The molecular weight excluding hydrogens is 335 g/mol. The summed E-state index contributed by atoms with van der Waals surface area (Å²) in [6.45, 7) is 1.05. The molecule has 0 bridgehead atoms. The third-order valence-corrected chi connectivity index (χ3v) is 9.77. The number of hydrogen-bond donors (Lipinski definition) is 0. The Morgan fingerprint density at radius 1 is 0.885 bits per heavy atom. The fraction of sp³-hybridized carbons (Fsp3) is 0.652. The molecule has 0 unspecified atom stereocenters. The summed E-state index contributed by atoms with van der Waals surface area (Å²) in [5, 5.41) is 1.49. The number of benzene rings is 1. The molecular formula is C23H35N2P. The van der Waals surface area contributed by atoms with Gasteiger partial charge >= 0.3 is 0 Å². The molecule has 0 aliphatic heterocycles. The highest BCUT2D eigenvalue weighted by molar-refractivity contribution is 7.57. The molecule has 2 aromatic rings. The minimum Gasteiger partial charge on any atom is -0.325 e. The molecule has 2 saturated carbocycles. The molecule has 0 atom stereocenters. The molecule has 2 fully saturated rings. The first-order valence-corrected chi connectivity index (χ1v) is 12.2. The minimum atomic E-state index is -0.0979. The van der Waals surface area contributed by atoms with Crippen molar-refractivity contribution >= 4 is 19.0 Å². The summed E-state index contributed by atoms with van der Waals surface area (Å²) < 4.78 is 2.80. The van der Waals surface area contributed by atoms with E-state index in [-0.39, 0.29) is 8.07 Å². The maximum Gasteiger partial charge on any atom is 0.0518 e. The topological polar surface area (TPSA) is 8.17 Å². The van der Waals surface area contributed by atoms with E-state index in [9.17, 15) is 0 Å². The lowest BCUT2D eigenvalue weighted by Crippen LogP contribution is -2.23. The van der Waals surface area contributed by atoms with Gasteiger partial charge in [-0.2, -0.15) is 0 Å². The van der Waals surface area contributed by atoms with Crippen LogP contribution in [-0.4, -0.2) is 34.7 Å². The Morgan fingerprint density at radius 3 is 2.04 bits per heavy atom. The van der Waals surface area contributed by atoms with E-state index in [1.54, 1.807) is 0 Å². The lowest BCUT2D eigenvalue weighted by atomic mass is 10.00. The van der Waals surface area contributed by atoms with Gasteiger partial charge in [0.05, 0.1) is 5.52 Å². The molecule has 0 radical (unpaired) electrons. The molecule has 3 heteroatoms. The highest BCUT2D eigenvalue weighted by Crippen LogP contribution is 2.58. The lowest BCUT2D eigenvalue weighted by molar-refractivity contribution is 0.404. The third kappa shape index (κ3) is 3.87. The first-order chi connectivity index (χ1) is 12.7. The van der Waals surface area contributed by atoms with Gasteiger partial charge in [-0.25, -0.2) is 0 Å². The van der Waals surface area contributed by atoms with Crippen LogP contribution in [0.5, 0.6) is 0 Å². The van der Waals surface area contributed by atoms with Crippen LogP contribution in [0.15, 0.2) is 30.5 Å². The van der Waals surface area contributed by atoms with E-state index >= 15 is 0 Å². The Morgan fingerprint density at radius 2 is 1.46 bits per heavy atom. The van der Waals surface area contributed by atoms with Crippen molar-refractivity contribution in [2.75, 3.05) is 14.1 Å². The molecule has 1 aromatic carbocycles. The van der Waals surface area contributed by atoms with Crippen LogP contribution in [0.25, 0.3) is 10.9 Å². The average molecular weight is 371 g/mol. The zero-order valence-corrected chi connectivity index (χ0v) is 17.6. The number of hydrogen-bond acceptors (Lipinski definition) is 1. The fourth-order valence-electron chi connectivity index (χ4n) is 5.23. The average Bonchev–Trinajstić information content (AvgIpc) is 3.02. The quantitative estimate of drug-likeness (QED) is 0.537. The molecule has 2 aliphatic carbocycles. The number of nitrogens with zero attached hydrogens (tertiary/aromatic N) is 2. The lowest BCUT2D eigenvalue weighted by Gasteiger charge is -2.39. The van der Waals surface area contributed by atoms with Crippen LogP contribution in [-0.2, 0) is 6.54 Å². The van der Waals surface area contributed by atoms with Crippen molar-refractivity contribution in [3.8, 4) is 0 Å². The second-order valence-corrected chi connectivity index (χ2v) is 11.4. The van der Waals surface area contributed by atoms with E-state index in [1.165, 1.54) is 80.7 Å². The van der Waals surface area contributed by atoms with E-state index in [1.807, 2.05) is 0 Å². The van der Waals surface area contributed by atoms with Crippen molar-refractivity contribution in [3.63, 3.8) is 0 Å². The number of para-hydroxylation sites is 1. The van der Waals surface area contributed by atoms with Gasteiger partial charge in [-0.3, -0.25) is 0 Å². The van der Waals surface area contributed by atoms with E-state index in [2.05, 4.69) is 53.8 Å². The van der Waals surface area contributed by atoms with E-state index in [4.69, 9.17) is 0 Å². The van der Waals surface area contributed by atoms with Crippen LogP contribution in [0.2, 0.25) is 0 Å². The zero-order chi connectivity index (χ0) is 17.9. The maximum absolute atomic E-state index is 2.80. The van der Waals surface area contributed by atoms with Gasteiger partial charge < -0.3 is 9.24 Å². The molecule has 0 N–H and O–H groups in total. The number of rotatable bonds is 5. The Bertz CT molecular complexity index is 690. The van der Waals surface area contributed by atoms with E-state index in [0.29, 0.717) is 0 Å². The molecule has 1 heterocycles. The third-order valence-electron chi connectivity index (χ3n) is 6.41. The largest absolute Gasteiger partial charge is 0.325 e. The van der Waals surface area contributed by atoms with Gasteiger partial charge in [-0.1, -0.05) is 56.7 Å². The second kappa shape index (κ2) is 8.44. The normalized spacial score (nSPS) is 20.5. The van der Waals surface area contributed by atoms with Crippen molar-refractivity contribution in [1.29, 1.82) is 0 Å². The van der Waals surface area contributed by atoms with Gasteiger partial charge in [-0.15, -0.1) is 0 Å². The monoisotopic (exact) mass is 370 g/mol. The van der Waals surface area contributed by atoms with E-state index < -0.39 is 0 Å². The summed E-state index contributed by atoms with van der Waals surface area (Å²) >= 11 is 0. The van der Waals surface area contributed by atoms with Crippen molar-refractivity contribution in [1.82, 2.24) is 9.24 Å². The van der Waals surface area contributed by atoms with Crippen LogP contribution >= 0.6 is 8.07 Å². The minimum absolute atomic E-state index is 0.0979. The predicted molar refractivity (Wildman–Crippen MR) is 115 cm³/mol. The van der Waals surface area contributed by atoms with Crippen LogP contribution in [0.1, 0.15) is 69.8 Å². The van der Waals surface area contributed by atoms with Gasteiger partial charge in [0.2, 0.25) is 0 Å². The van der Waals surface area contributed by atoms with Crippen molar-refractivity contribution in [2.24, 2.45) is 0 Å². The Balaban J connectivity index is 1.76. The second-order valence-electron chi connectivity index (χ2n) is 8.72. The highest BCUT2D eigenvalue weighted by Gasteiger charge is 2.33. The van der Waals surface area contributed by atoms with Gasteiger partial charge in [-0.05, 0) is 62.7 Å². The first-order valence-electron chi connectivity index (χ1n) is 10.8. The smallest absolute Gasteiger partial charge is 0.0518 e. The van der Waals surface area contributed by atoms with Crippen molar-refractivity contribution in [2.45, 2.75) is 82.1 Å². The molecule has 1 aromatic heterocycles. The maximum atomic E-state index is 2.80. The van der Waals surface area contributed by atoms with Crippen LogP contribution in [0.4, 0.5) is 0 Å². The van der Waals surface area contributed by atoms with Crippen molar-refractivity contribution < 1.29 is 0 Å².